The Hall–Kier alpha value is -3.25. The lowest BCUT2D eigenvalue weighted by atomic mass is 9.89. The Morgan fingerprint density at radius 3 is 2.97 bits per heavy atom. The minimum Gasteiger partial charge on any atom is -0.370 e. The first-order chi connectivity index (χ1) is 14.5. The van der Waals surface area contributed by atoms with Gasteiger partial charge in [-0.15, -0.1) is 11.3 Å². The lowest BCUT2D eigenvalue weighted by Crippen LogP contribution is -2.35. The number of amides is 2. The third kappa shape index (κ3) is 4.49. The molecule has 1 fully saturated rings. The van der Waals surface area contributed by atoms with Crippen molar-refractivity contribution in [1.82, 2.24) is 10.3 Å². The Labute approximate surface area is 178 Å². The van der Waals surface area contributed by atoms with Gasteiger partial charge in [0.1, 0.15) is 11.9 Å². The average Bonchev–Trinajstić information content (AvgIpc) is 3.35. The van der Waals surface area contributed by atoms with Gasteiger partial charge in [0.25, 0.3) is 0 Å². The zero-order valence-electron chi connectivity index (χ0n) is 16.5. The van der Waals surface area contributed by atoms with Crippen LogP contribution in [0.25, 0.3) is 0 Å². The lowest BCUT2D eigenvalue weighted by Gasteiger charge is -2.20. The maximum Gasteiger partial charge on any atom is 0.249 e. The van der Waals surface area contributed by atoms with Crippen LogP contribution in [-0.2, 0) is 9.59 Å². The Kier molecular flexibility index (Phi) is 6.79. The Morgan fingerprint density at radius 2 is 2.27 bits per heavy atom. The van der Waals surface area contributed by atoms with Gasteiger partial charge >= 0.3 is 0 Å². The molecule has 2 heterocycles. The third-order valence-electron chi connectivity index (χ3n) is 5.10. The van der Waals surface area contributed by atoms with Gasteiger partial charge in [-0.2, -0.15) is 9.65 Å². The highest BCUT2D eigenvalue weighted by atomic mass is 32.1. The van der Waals surface area contributed by atoms with Crippen molar-refractivity contribution < 1.29 is 14.0 Å². The first-order valence-electron chi connectivity index (χ1n) is 9.63. The van der Waals surface area contributed by atoms with Crippen LogP contribution in [0.1, 0.15) is 43.2 Å². The van der Waals surface area contributed by atoms with Crippen LogP contribution >= 0.6 is 11.3 Å². The largest absolute Gasteiger partial charge is 0.370 e. The van der Waals surface area contributed by atoms with Crippen LogP contribution < -0.4 is 16.0 Å². The number of carbonyl (C=O) groups is 2. The molecule has 30 heavy (non-hydrogen) atoms. The van der Waals surface area contributed by atoms with Crippen LogP contribution in [0.4, 0.5) is 21.6 Å². The van der Waals surface area contributed by atoms with Gasteiger partial charge in [0, 0.05) is 24.7 Å². The molecule has 2 aromatic heterocycles. The maximum absolute atomic E-state index is 14.7. The molecule has 0 aromatic carbocycles. The summed E-state index contributed by atoms with van der Waals surface area (Å²) in [6.07, 6.45) is 4.59. The van der Waals surface area contributed by atoms with E-state index in [0.717, 1.165) is 23.8 Å². The van der Waals surface area contributed by atoms with Gasteiger partial charge in [0.05, 0.1) is 16.9 Å². The molecular formula is C21H22FN5O2S. The van der Waals surface area contributed by atoms with Crippen molar-refractivity contribution in [3.8, 4) is 6.07 Å². The number of carbonyl (C=O) groups excluding carboxylic acids is 2. The molecule has 0 aliphatic heterocycles. The van der Waals surface area contributed by atoms with Crippen molar-refractivity contribution in [2.24, 2.45) is 5.92 Å². The van der Waals surface area contributed by atoms with Crippen LogP contribution in [0.2, 0.25) is 0 Å². The third-order valence-corrected chi connectivity index (χ3v) is 5.88. The smallest absolute Gasteiger partial charge is 0.249 e. The highest BCUT2D eigenvalue weighted by Gasteiger charge is 2.37. The number of pyridine rings is 1. The lowest BCUT2D eigenvalue weighted by molar-refractivity contribution is -0.130. The van der Waals surface area contributed by atoms with Gasteiger partial charge < -0.3 is 10.6 Å². The molecule has 0 saturated heterocycles. The minimum absolute atomic E-state index is 0.230. The number of nitrogens with zero attached hydrogens (tertiary/aromatic N) is 2. The summed E-state index contributed by atoms with van der Waals surface area (Å²) in [5.74, 6) is -1.03. The molecule has 9 heteroatoms. The fourth-order valence-corrected chi connectivity index (χ4v) is 4.52. The van der Waals surface area contributed by atoms with Crippen molar-refractivity contribution in [3.05, 3.63) is 46.6 Å². The fraction of sp³-hybridized carbons (Fsp3) is 0.333. The SMILES string of the molecule is C=CC(=O)NC(=O)[C@H]1CCC[C@H]1c1csc(F)c1Nc1cc(NCC)ncc1C#N. The number of hydrogen-bond donors (Lipinski definition) is 3. The van der Waals surface area contributed by atoms with Crippen LogP contribution in [0.5, 0.6) is 0 Å². The van der Waals surface area contributed by atoms with E-state index in [1.54, 1.807) is 11.4 Å². The predicted octanol–water partition coefficient (Wildman–Crippen LogP) is 4.04. The molecule has 1 aliphatic carbocycles. The Morgan fingerprint density at radius 1 is 1.47 bits per heavy atom. The molecule has 156 valence electrons. The van der Waals surface area contributed by atoms with Gasteiger partial charge in [0.2, 0.25) is 11.8 Å². The number of rotatable bonds is 7. The van der Waals surface area contributed by atoms with Gasteiger partial charge in [-0.05, 0) is 42.7 Å². The maximum atomic E-state index is 14.7. The summed E-state index contributed by atoms with van der Waals surface area (Å²) >= 11 is 0.939. The molecule has 0 unspecified atom stereocenters. The van der Waals surface area contributed by atoms with Crippen LogP contribution in [0.15, 0.2) is 30.3 Å². The second-order valence-corrected chi connectivity index (χ2v) is 7.75. The van der Waals surface area contributed by atoms with Crippen LogP contribution in [0, 0.1) is 22.4 Å². The van der Waals surface area contributed by atoms with E-state index in [4.69, 9.17) is 0 Å². The van der Waals surface area contributed by atoms with E-state index in [9.17, 15) is 19.2 Å². The monoisotopic (exact) mass is 427 g/mol. The highest BCUT2D eigenvalue weighted by molar-refractivity contribution is 7.08. The molecular weight excluding hydrogens is 405 g/mol. The molecule has 2 atom stereocenters. The Balaban J connectivity index is 1.91. The molecule has 0 radical (unpaired) electrons. The van der Waals surface area contributed by atoms with E-state index in [-0.39, 0.29) is 23.1 Å². The molecule has 2 amide bonds. The molecule has 0 bridgehead atoms. The Bertz CT molecular complexity index is 1010. The zero-order chi connectivity index (χ0) is 21.7. The minimum atomic E-state index is -0.549. The van der Waals surface area contributed by atoms with E-state index < -0.39 is 17.0 Å². The van der Waals surface area contributed by atoms with Crippen molar-refractivity contribution in [1.29, 1.82) is 5.26 Å². The van der Waals surface area contributed by atoms with Crippen LogP contribution in [-0.4, -0.2) is 23.3 Å². The number of nitriles is 1. The first-order valence-corrected chi connectivity index (χ1v) is 10.5. The molecule has 7 nitrogen and oxygen atoms in total. The number of anilines is 3. The van der Waals surface area contributed by atoms with Crippen molar-refractivity contribution in [2.75, 3.05) is 17.2 Å². The summed E-state index contributed by atoms with van der Waals surface area (Å²) in [4.78, 5) is 28.2. The standard InChI is InChI=1S/C21H22FN5O2S/c1-3-18(28)27-21(29)14-7-5-6-13(14)15-11-30-20(22)19(15)26-16-8-17(24-4-2)25-10-12(16)9-23/h3,8,10-11,13-14H,1,4-7H2,2H3,(H2,24,25,26)(H,27,28,29)/t13-,14+/m1/s1. The number of imide groups is 1. The average molecular weight is 428 g/mol. The van der Waals surface area contributed by atoms with Crippen molar-refractivity contribution in [3.63, 3.8) is 0 Å². The zero-order valence-corrected chi connectivity index (χ0v) is 17.3. The second-order valence-electron chi connectivity index (χ2n) is 6.92. The van der Waals surface area contributed by atoms with E-state index in [1.165, 1.54) is 6.20 Å². The summed E-state index contributed by atoms with van der Waals surface area (Å²) in [7, 11) is 0. The number of halogens is 1. The topological polar surface area (TPSA) is 107 Å². The van der Waals surface area contributed by atoms with Crippen LogP contribution in [0.3, 0.4) is 0 Å². The molecule has 1 saturated carbocycles. The van der Waals surface area contributed by atoms with Gasteiger partial charge in [-0.25, -0.2) is 4.98 Å². The quantitative estimate of drug-likeness (QED) is 0.576. The summed E-state index contributed by atoms with van der Waals surface area (Å²) in [5.41, 5.74) is 1.64. The van der Waals surface area contributed by atoms with Gasteiger partial charge in [0.15, 0.2) is 5.13 Å². The number of nitrogens with one attached hydrogen (secondary N) is 3. The number of aromatic nitrogens is 1. The normalized spacial score (nSPS) is 17.8. The first kappa shape index (κ1) is 21.5. The summed E-state index contributed by atoms with van der Waals surface area (Å²) < 4.78 is 14.7. The highest BCUT2D eigenvalue weighted by Crippen LogP contribution is 2.46. The van der Waals surface area contributed by atoms with E-state index >= 15 is 0 Å². The predicted molar refractivity (Wildman–Crippen MR) is 114 cm³/mol. The van der Waals surface area contributed by atoms with Crippen molar-refractivity contribution >= 4 is 40.3 Å². The summed E-state index contributed by atoms with van der Waals surface area (Å²) in [5, 5.41) is 19.1. The number of thiophene rings is 1. The van der Waals surface area contributed by atoms with E-state index in [2.05, 4.69) is 33.6 Å². The molecule has 2 aromatic rings. The van der Waals surface area contributed by atoms with E-state index in [1.807, 2.05) is 6.92 Å². The summed E-state index contributed by atoms with van der Waals surface area (Å²) in [6, 6.07) is 3.72. The van der Waals surface area contributed by atoms with E-state index in [0.29, 0.717) is 36.5 Å². The molecule has 3 N–H and O–H groups in total. The number of hydrogen-bond acceptors (Lipinski definition) is 7. The summed E-state index contributed by atoms with van der Waals surface area (Å²) in [6.45, 7) is 5.93. The molecule has 1 aliphatic rings. The molecule has 0 spiro atoms. The second kappa shape index (κ2) is 9.50. The molecule has 3 rings (SSSR count). The van der Waals surface area contributed by atoms with Gasteiger partial charge in [-0.3, -0.25) is 14.9 Å². The van der Waals surface area contributed by atoms with Gasteiger partial charge in [-0.1, -0.05) is 13.0 Å². The van der Waals surface area contributed by atoms with Crippen molar-refractivity contribution in [2.45, 2.75) is 32.1 Å². The fourth-order valence-electron chi connectivity index (χ4n) is 3.71.